The largest absolute Gasteiger partial charge is 0.465 e. The fourth-order valence-electron chi connectivity index (χ4n) is 3.31. The van der Waals surface area contributed by atoms with Gasteiger partial charge in [0.15, 0.2) is 0 Å². The van der Waals surface area contributed by atoms with Crippen molar-refractivity contribution < 1.29 is 45.4 Å². The van der Waals surface area contributed by atoms with Gasteiger partial charge in [-0.3, -0.25) is 0 Å². The van der Waals surface area contributed by atoms with Gasteiger partial charge in [-0.25, -0.2) is 9.59 Å². The number of esters is 2. The lowest BCUT2D eigenvalue weighted by atomic mass is 9.90. The van der Waals surface area contributed by atoms with Gasteiger partial charge in [0.25, 0.3) is 0 Å². The van der Waals surface area contributed by atoms with E-state index in [1.165, 1.54) is 6.07 Å². The Morgan fingerprint density at radius 1 is 0.588 bits per heavy atom. The first-order valence-electron chi connectivity index (χ1n) is 9.56. The van der Waals surface area contributed by atoms with Crippen LogP contribution in [-0.4, -0.2) is 26.2 Å². The van der Waals surface area contributed by atoms with Gasteiger partial charge in [-0.2, -0.15) is 26.3 Å². The van der Waals surface area contributed by atoms with Crippen LogP contribution < -0.4 is 0 Å². The predicted molar refractivity (Wildman–Crippen MR) is 110 cm³/mol. The van der Waals surface area contributed by atoms with Gasteiger partial charge in [-0.05, 0) is 58.7 Å². The summed E-state index contributed by atoms with van der Waals surface area (Å²) in [5.41, 5.74) is -1.49. The van der Waals surface area contributed by atoms with E-state index in [9.17, 15) is 35.9 Å². The van der Waals surface area contributed by atoms with Crippen molar-refractivity contribution in [1.82, 2.24) is 0 Å². The van der Waals surface area contributed by atoms with Crippen molar-refractivity contribution in [2.24, 2.45) is 0 Å². The molecule has 0 aliphatic rings. The normalized spacial score (nSPS) is 11.8. The lowest BCUT2D eigenvalue weighted by Gasteiger charge is -2.16. The first-order chi connectivity index (χ1) is 15.9. The zero-order valence-corrected chi connectivity index (χ0v) is 17.7. The third-order valence-corrected chi connectivity index (χ3v) is 5.01. The van der Waals surface area contributed by atoms with Gasteiger partial charge in [0.05, 0.1) is 36.5 Å². The molecule has 178 valence electrons. The zero-order valence-electron chi connectivity index (χ0n) is 17.7. The number of hydrogen-bond acceptors (Lipinski definition) is 4. The van der Waals surface area contributed by atoms with Crippen molar-refractivity contribution in [3.05, 3.63) is 82.9 Å². The van der Waals surface area contributed by atoms with Crippen molar-refractivity contribution in [3.8, 4) is 22.3 Å². The Kier molecular flexibility index (Phi) is 6.72. The fraction of sp³-hybridized carbons (Fsp3) is 0.167. The summed E-state index contributed by atoms with van der Waals surface area (Å²) in [6, 6.07) is 10.3. The number of halogens is 6. The predicted octanol–water partition coefficient (Wildman–Crippen LogP) is 6.63. The summed E-state index contributed by atoms with van der Waals surface area (Å²) < 4.78 is 87.3. The molecule has 0 spiro atoms. The average molecular weight is 482 g/mol. The molecule has 0 fully saturated rings. The molecule has 0 aliphatic heterocycles. The second-order valence-corrected chi connectivity index (χ2v) is 7.08. The molecule has 0 N–H and O–H groups in total. The standard InChI is InChI=1S/C24H16F6O4/c1-33-21(31)19-12-20(22(32)34-2)18(14-5-9-16(10-6-14)24(28,29)30)11-17(19)13-3-7-15(8-4-13)23(25,26)27/h3-12H,1-2H3. The van der Waals surface area contributed by atoms with E-state index in [1.807, 2.05) is 0 Å². The van der Waals surface area contributed by atoms with Gasteiger partial charge in [0.2, 0.25) is 0 Å². The topological polar surface area (TPSA) is 52.6 Å². The quantitative estimate of drug-likeness (QED) is 0.309. The molecule has 4 nitrogen and oxygen atoms in total. The highest BCUT2D eigenvalue weighted by molar-refractivity contribution is 6.05. The monoisotopic (exact) mass is 482 g/mol. The van der Waals surface area contributed by atoms with Crippen LogP contribution in [0.15, 0.2) is 60.7 Å². The van der Waals surface area contributed by atoms with Crippen LogP contribution in [0.5, 0.6) is 0 Å². The first kappa shape index (κ1) is 24.8. The molecule has 0 atom stereocenters. The molecule has 0 saturated heterocycles. The van der Waals surface area contributed by atoms with Crippen molar-refractivity contribution in [2.45, 2.75) is 12.4 Å². The van der Waals surface area contributed by atoms with Gasteiger partial charge in [0, 0.05) is 0 Å². The maximum absolute atomic E-state index is 13.0. The summed E-state index contributed by atoms with van der Waals surface area (Å²) >= 11 is 0. The molecular weight excluding hydrogens is 466 g/mol. The highest BCUT2D eigenvalue weighted by atomic mass is 19.4. The van der Waals surface area contributed by atoms with Crippen LogP contribution >= 0.6 is 0 Å². The molecule has 0 saturated carbocycles. The Bertz CT molecular complexity index is 1120. The van der Waals surface area contributed by atoms with Crippen molar-refractivity contribution in [2.75, 3.05) is 14.2 Å². The third-order valence-electron chi connectivity index (χ3n) is 5.01. The maximum Gasteiger partial charge on any atom is 0.416 e. The van der Waals surface area contributed by atoms with Crippen LogP contribution in [-0.2, 0) is 21.8 Å². The van der Waals surface area contributed by atoms with Crippen LogP contribution in [0.3, 0.4) is 0 Å². The number of alkyl halides is 6. The lowest BCUT2D eigenvalue weighted by molar-refractivity contribution is -0.138. The smallest absolute Gasteiger partial charge is 0.416 e. The highest BCUT2D eigenvalue weighted by Gasteiger charge is 2.31. The Labute approximate surface area is 189 Å². The van der Waals surface area contributed by atoms with Crippen LogP contribution in [0, 0.1) is 0 Å². The Balaban J connectivity index is 2.26. The van der Waals surface area contributed by atoms with Gasteiger partial charge in [-0.1, -0.05) is 24.3 Å². The van der Waals surface area contributed by atoms with E-state index in [2.05, 4.69) is 0 Å². The van der Waals surface area contributed by atoms with E-state index < -0.39 is 35.4 Å². The van der Waals surface area contributed by atoms with E-state index in [4.69, 9.17) is 9.47 Å². The van der Waals surface area contributed by atoms with Crippen LogP contribution in [0.4, 0.5) is 26.3 Å². The minimum atomic E-state index is -4.58. The van der Waals surface area contributed by atoms with Gasteiger partial charge >= 0.3 is 24.3 Å². The zero-order chi connectivity index (χ0) is 25.3. The third kappa shape index (κ3) is 5.05. The van der Waals surface area contributed by atoms with Gasteiger partial charge in [0.1, 0.15) is 0 Å². The molecule has 3 aromatic carbocycles. The number of rotatable bonds is 4. The second-order valence-electron chi connectivity index (χ2n) is 7.08. The molecule has 0 unspecified atom stereocenters. The van der Waals surface area contributed by atoms with E-state index in [1.54, 1.807) is 0 Å². The number of hydrogen-bond donors (Lipinski definition) is 0. The number of carbonyl (C=O) groups excluding carboxylic acids is 2. The Morgan fingerprint density at radius 2 is 0.912 bits per heavy atom. The van der Waals surface area contributed by atoms with Crippen LogP contribution in [0.2, 0.25) is 0 Å². The highest BCUT2D eigenvalue weighted by Crippen LogP contribution is 2.37. The van der Waals surface area contributed by atoms with Crippen molar-refractivity contribution in [3.63, 3.8) is 0 Å². The molecular formula is C24H16F6O4. The summed E-state index contributed by atoms with van der Waals surface area (Å²) in [4.78, 5) is 24.8. The minimum absolute atomic E-state index is 0.114. The Morgan fingerprint density at radius 3 is 1.18 bits per heavy atom. The molecule has 0 radical (unpaired) electrons. The van der Waals surface area contributed by atoms with Crippen molar-refractivity contribution in [1.29, 1.82) is 0 Å². The minimum Gasteiger partial charge on any atom is -0.465 e. The van der Waals surface area contributed by atoms with E-state index in [0.717, 1.165) is 68.8 Å². The molecule has 0 bridgehead atoms. The first-order valence-corrected chi connectivity index (χ1v) is 9.56. The van der Waals surface area contributed by atoms with E-state index >= 15 is 0 Å². The average Bonchev–Trinajstić information content (AvgIpc) is 2.81. The van der Waals surface area contributed by atoms with E-state index in [-0.39, 0.29) is 33.4 Å². The molecule has 3 aromatic rings. The second kappa shape index (κ2) is 9.20. The SMILES string of the molecule is COC(=O)c1cc(C(=O)OC)c(-c2ccc(C(F)(F)F)cc2)cc1-c1ccc(C(F)(F)F)cc1. The molecule has 3 rings (SSSR count). The molecule has 0 amide bonds. The summed E-state index contributed by atoms with van der Waals surface area (Å²) in [6.07, 6.45) is -9.16. The number of methoxy groups -OCH3 is 2. The van der Waals surface area contributed by atoms with Gasteiger partial charge in [-0.15, -0.1) is 0 Å². The molecule has 0 aromatic heterocycles. The lowest BCUT2D eigenvalue weighted by Crippen LogP contribution is -2.10. The molecule has 34 heavy (non-hydrogen) atoms. The molecule has 0 heterocycles. The van der Waals surface area contributed by atoms with Crippen LogP contribution in [0.25, 0.3) is 22.3 Å². The summed E-state index contributed by atoms with van der Waals surface area (Å²) in [5.74, 6) is -1.75. The van der Waals surface area contributed by atoms with Crippen molar-refractivity contribution >= 4 is 11.9 Å². The van der Waals surface area contributed by atoms with Gasteiger partial charge < -0.3 is 9.47 Å². The molecule has 0 aliphatic carbocycles. The summed E-state index contributed by atoms with van der Waals surface area (Å²) in [6.45, 7) is 0. The van der Waals surface area contributed by atoms with E-state index in [0.29, 0.717) is 0 Å². The molecule has 10 heteroatoms. The number of benzene rings is 3. The van der Waals surface area contributed by atoms with Crippen LogP contribution in [0.1, 0.15) is 31.8 Å². The fourth-order valence-corrected chi connectivity index (χ4v) is 3.31. The maximum atomic E-state index is 13.0. The summed E-state index contributed by atoms with van der Waals surface area (Å²) in [5, 5.41) is 0. The Hall–Kier alpha value is -3.82. The number of ether oxygens (including phenoxy) is 2. The summed E-state index contributed by atoms with van der Waals surface area (Å²) in [7, 11) is 2.17. The number of carbonyl (C=O) groups is 2.